The molecule has 0 aliphatic rings. The van der Waals surface area contributed by atoms with Crippen LogP contribution in [-0.2, 0) is 0 Å². The average molecular weight is 392 g/mol. The van der Waals surface area contributed by atoms with E-state index in [4.69, 9.17) is 27.9 Å². The fourth-order valence-corrected chi connectivity index (χ4v) is 3.35. The number of methoxy groups -OCH3 is 1. The number of hydrogen-bond donors (Lipinski definition) is 3. The van der Waals surface area contributed by atoms with Crippen molar-refractivity contribution in [3.8, 4) is 28.3 Å². The highest BCUT2D eigenvalue weighted by Crippen LogP contribution is 2.33. The number of nitrogens with zero attached hydrogens (tertiary/aromatic N) is 2. The molecule has 1 aromatic heterocycles. The third-order valence-corrected chi connectivity index (χ3v) is 4.90. The van der Waals surface area contributed by atoms with Gasteiger partial charge >= 0.3 is 0 Å². The minimum atomic E-state index is 0.307. The molecule has 1 heterocycles. The first-order valence-electron chi connectivity index (χ1n) is 8.57. The van der Waals surface area contributed by atoms with Gasteiger partial charge in [0.2, 0.25) is 0 Å². The molecule has 0 saturated carbocycles. The second-order valence-electron chi connectivity index (χ2n) is 6.26. The van der Waals surface area contributed by atoms with E-state index in [1.54, 1.807) is 7.11 Å². The van der Waals surface area contributed by atoms with E-state index in [0.29, 0.717) is 16.9 Å². The smallest absolute Gasteiger partial charge is 0.294 e. The van der Waals surface area contributed by atoms with Crippen LogP contribution in [0.4, 0.5) is 0 Å². The van der Waals surface area contributed by atoms with Crippen LogP contribution < -0.4 is 16.3 Å². The Kier molecular flexibility index (Phi) is 4.63. The number of aromatic nitrogens is 2. The van der Waals surface area contributed by atoms with E-state index in [0.717, 1.165) is 38.9 Å². The Morgan fingerprint density at radius 3 is 2.21 bits per heavy atom. The summed E-state index contributed by atoms with van der Waals surface area (Å²) in [5, 5.41) is 4.16. The monoisotopic (exact) mass is 391 g/mol. The van der Waals surface area contributed by atoms with Crippen molar-refractivity contribution in [1.29, 1.82) is 0 Å². The Hall–Kier alpha value is -3.51. The molecule has 5 N–H and O–H groups in total. The molecule has 6 nitrogen and oxygen atoms in total. The van der Waals surface area contributed by atoms with E-state index in [1.165, 1.54) is 0 Å². The molecule has 0 atom stereocenters. The summed E-state index contributed by atoms with van der Waals surface area (Å²) in [6.07, 6.45) is 0. The Balaban J connectivity index is 1.66. The molecule has 0 saturated heterocycles. The molecule has 0 amide bonds. The van der Waals surface area contributed by atoms with Gasteiger partial charge in [-0.05, 0) is 28.8 Å². The van der Waals surface area contributed by atoms with Crippen LogP contribution in [0, 0.1) is 0 Å². The van der Waals surface area contributed by atoms with Gasteiger partial charge in [0, 0.05) is 11.1 Å². The molecule has 0 aliphatic heterocycles. The lowest BCUT2D eigenvalue weighted by Crippen LogP contribution is -2.15. The summed E-state index contributed by atoms with van der Waals surface area (Å²) in [7, 11) is 1.57. The first-order chi connectivity index (χ1) is 13.6. The summed E-state index contributed by atoms with van der Waals surface area (Å²) in [6, 6.07) is 20.2. The number of aromatic amines is 1. The quantitative estimate of drug-likeness (QED) is 0.210. The van der Waals surface area contributed by atoms with Crippen LogP contribution in [0.5, 0.6) is 6.01 Å². The largest absolute Gasteiger partial charge is 0.468 e. The first-order valence-corrected chi connectivity index (χ1v) is 8.94. The van der Waals surface area contributed by atoms with Crippen molar-refractivity contribution in [1.82, 2.24) is 9.97 Å². The van der Waals surface area contributed by atoms with Crippen LogP contribution >= 0.6 is 11.6 Å². The maximum Gasteiger partial charge on any atom is 0.294 e. The fraction of sp³-hybridized carbons (Fsp3) is 0.0476. The number of rotatable bonds is 4. The van der Waals surface area contributed by atoms with Gasteiger partial charge in [-0.25, -0.2) is 0 Å². The summed E-state index contributed by atoms with van der Waals surface area (Å²) in [6.45, 7) is 0. The van der Waals surface area contributed by atoms with Gasteiger partial charge in [-0.1, -0.05) is 60.1 Å². The minimum absolute atomic E-state index is 0.307. The standard InChI is InChI=1S/C21H18ClN5O/c1-28-21-25-18-10-16(17(22)11-19(18)26-21)14-6-2-12(3-7-14)13-4-8-15(9-5-13)20(23)27-24/h2-11H,24H2,1H3,(H2,23,27)(H,25,26). The molecule has 140 valence electrons. The van der Waals surface area contributed by atoms with E-state index in [2.05, 4.69) is 27.2 Å². The zero-order valence-corrected chi connectivity index (χ0v) is 15.9. The topological polar surface area (TPSA) is 102 Å². The van der Waals surface area contributed by atoms with Crippen LogP contribution in [-0.4, -0.2) is 22.9 Å². The number of ether oxygens (including phenoxy) is 1. The predicted molar refractivity (Wildman–Crippen MR) is 113 cm³/mol. The number of nitrogens with two attached hydrogens (primary N) is 2. The lowest BCUT2D eigenvalue weighted by molar-refractivity contribution is 0.386. The van der Waals surface area contributed by atoms with Crippen molar-refractivity contribution in [3.63, 3.8) is 0 Å². The summed E-state index contributed by atoms with van der Waals surface area (Å²) in [4.78, 5) is 7.46. The zero-order valence-electron chi connectivity index (χ0n) is 15.1. The average Bonchev–Trinajstić information content (AvgIpc) is 3.15. The summed E-state index contributed by atoms with van der Waals surface area (Å²) in [5.41, 5.74) is 12.2. The van der Waals surface area contributed by atoms with Gasteiger partial charge in [0.05, 0.1) is 23.2 Å². The van der Waals surface area contributed by atoms with Crippen LogP contribution in [0.1, 0.15) is 5.56 Å². The van der Waals surface area contributed by atoms with Crippen molar-refractivity contribution in [2.75, 3.05) is 7.11 Å². The van der Waals surface area contributed by atoms with Crippen LogP contribution in [0.25, 0.3) is 33.3 Å². The molecule has 0 fully saturated rings. The van der Waals surface area contributed by atoms with Crippen molar-refractivity contribution in [2.24, 2.45) is 16.7 Å². The predicted octanol–water partition coefficient (Wildman–Crippen LogP) is 4.14. The van der Waals surface area contributed by atoms with Crippen molar-refractivity contribution < 1.29 is 4.74 Å². The van der Waals surface area contributed by atoms with Gasteiger partial charge < -0.3 is 21.3 Å². The van der Waals surface area contributed by atoms with Crippen LogP contribution in [0.15, 0.2) is 65.8 Å². The molecule has 0 bridgehead atoms. The maximum atomic E-state index is 6.49. The third kappa shape index (κ3) is 3.25. The number of hydrazone groups is 1. The number of fused-ring (bicyclic) bond motifs is 1. The molecule has 4 rings (SSSR count). The lowest BCUT2D eigenvalue weighted by atomic mass is 9.99. The molecule has 0 spiro atoms. The molecule has 0 aliphatic carbocycles. The normalized spacial score (nSPS) is 11.7. The maximum absolute atomic E-state index is 6.49. The molecule has 7 heteroatoms. The second kappa shape index (κ2) is 7.25. The van der Waals surface area contributed by atoms with E-state index < -0.39 is 0 Å². The number of amidine groups is 1. The highest BCUT2D eigenvalue weighted by atomic mass is 35.5. The van der Waals surface area contributed by atoms with Gasteiger partial charge in [-0.2, -0.15) is 10.1 Å². The van der Waals surface area contributed by atoms with Crippen LogP contribution in [0.3, 0.4) is 0 Å². The van der Waals surface area contributed by atoms with Gasteiger partial charge in [0.15, 0.2) is 0 Å². The molecule has 0 radical (unpaired) electrons. The Morgan fingerprint density at radius 2 is 1.61 bits per heavy atom. The zero-order chi connectivity index (χ0) is 19.7. The molecule has 4 aromatic rings. The second-order valence-corrected chi connectivity index (χ2v) is 6.67. The Bertz CT molecular complexity index is 1160. The SMILES string of the molecule is COc1nc2cc(-c3ccc(-c4ccc(/C(N)=N/N)cc4)cc3)c(Cl)cc2[nH]1. The summed E-state index contributed by atoms with van der Waals surface area (Å²) < 4.78 is 5.15. The van der Waals surface area contributed by atoms with E-state index in [1.807, 2.05) is 48.5 Å². The fourth-order valence-electron chi connectivity index (χ4n) is 3.08. The molecular weight excluding hydrogens is 374 g/mol. The third-order valence-electron chi connectivity index (χ3n) is 4.59. The molecule has 0 unspecified atom stereocenters. The van der Waals surface area contributed by atoms with Crippen molar-refractivity contribution in [2.45, 2.75) is 0 Å². The Labute approximate surface area is 166 Å². The summed E-state index contributed by atoms with van der Waals surface area (Å²) in [5.74, 6) is 5.53. The van der Waals surface area contributed by atoms with Crippen molar-refractivity contribution >= 4 is 28.5 Å². The minimum Gasteiger partial charge on any atom is -0.468 e. The number of H-pyrrole nitrogens is 1. The molecular formula is C21H18ClN5O. The lowest BCUT2D eigenvalue weighted by Gasteiger charge is -2.08. The van der Waals surface area contributed by atoms with Gasteiger partial charge in [-0.15, -0.1) is 0 Å². The van der Waals surface area contributed by atoms with Gasteiger partial charge in [0.1, 0.15) is 5.84 Å². The highest BCUT2D eigenvalue weighted by Gasteiger charge is 2.10. The van der Waals surface area contributed by atoms with Gasteiger partial charge in [-0.3, -0.25) is 0 Å². The highest BCUT2D eigenvalue weighted by molar-refractivity contribution is 6.34. The number of hydrogen-bond acceptors (Lipinski definition) is 4. The number of benzene rings is 3. The Morgan fingerprint density at radius 1 is 1.00 bits per heavy atom. The van der Waals surface area contributed by atoms with Crippen LogP contribution in [0.2, 0.25) is 5.02 Å². The molecule has 28 heavy (non-hydrogen) atoms. The number of halogens is 1. The number of nitrogens with one attached hydrogen (secondary N) is 1. The first kappa shape index (κ1) is 17.9. The summed E-state index contributed by atoms with van der Waals surface area (Å²) >= 11 is 6.49. The van der Waals surface area contributed by atoms with E-state index in [9.17, 15) is 0 Å². The molecule has 3 aromatic carbocycles. The van der Waals surface area contributed by atoms with Gasteiger partial charge in [0.25, 0.3) is 6.01 Å². The van der Waals surface area contributed by atoms with E-state index in [-0.39, 0.29) is 0 Å². The number of imidazole rings is 1. The van der Waals surface area contributed by atoms with E-state index >= 15 is 0 Å². The van der Waals surface area contributed by atoms with Crippen molar-refractivity contribution in [3.05, 3.63) is 71.2 Å².